The number of pyridine rings is 1. The van der Waals surface area contributed by atoms with Crippen LogP contribution in [0.4, 0.5) is 11.6 Å². The van der Waals surface area contributed by atoms with Crippen molar-refractivity contribution < 1.29 is 4.79 Å². The number of allylic oxidation sites excluding steroid dienone is 1. The maximum Gasteiger partial charge on any atom is 0.255 e. The molecule has 0 fully saturated rings. The largest absolute Gasteiger partial charge is 0.328 e. The molecular formula is C25H21ClN6OS. The van der Waals surface area contributed by atoms with E-state index >= 15 is 0 Å². The summed E-state index contributed by atoms with van der Waals surface area (Å²) in [4.78, 5) is 22.2. The number of anilines is 2. The number of rotatable bonds is 6. The minimum atomic E-state index is -0.454. The summed E-state index contributed by atoms with van der Waals surface area (Å²) in [6, 6.07) is 20.4. The first-order valence-corrected chi connectivity index (χ1v) is 12.0. The van der Waals surface area contributed by atoms with Crippen molar-refractivity contribution in [3.8, 4) is 0 Å². The molecule has 2 aromatic heterocycles. The third-order valence-corrected chi connectivity index (χ3v) is 6.70. The zero-order valence-electron chi connectivity index (χ0n) is 18.3. The number of carbonyl (C=O) groups excluding carboxylic acids is 1. The summed E-state index contributed by atoms with van der Waals surface area (Å²) in [6.45, 7) is 1.88. The molecule has 170 valence electrons. The molecule has 1 amide bonds. The number of para-hydroxylation sites is 1. The molecule has 1 aliphatic heterocycles. The number of hydrogen-bond acceptors (Lipinski definition) is 6. The second kappa shape index (κ2) is 9.70. The number of hydrogen-bond donors (Lipinski definition) is 2. The van der Waals surface area contributed by atoms with Gasteiger partial charge >= 0.3 is 0 Å². The van der Waals surface area contributed by atoms with Crippen LogP contribution in [0.5, 0.6) is 0 Å². The molecule has 3 heterocycles. The van der Waals surface area contributed by atoms with Crippen molar-refractivity contribution in [2.45, 2.75) is 23.9 Å². The molecule has 0 radical (unpaired) electrons. The maximum atomic E-state index is 13.4. The molecule has 0 saturated heterocycles. The van der Waals surface area contributed by atoms with Crippen molar-refractivity contribution >= 4 is 40.9 Å². The van der Waals surface area contributed by atoms with Gasteiger partial charge in [0.1, 0.15) is 6.04 Å². The van der Waals surface area contributed by atoms with Crippen LogP contribution in [0.3, 0.4) is 0 Å². The van der Waals surface area contributed by atoms with Gasteiger partial charge in [-0.1, -0.05) is 59.8 Å². The normalized spacial score (nSPS) is 14.9. The van der Waals surface area contributed by atoms with Gasteiger partial charge in [-0.25, -0.2) is 4.68 Å². The predicted octanol–water partition coefficient (Wildman–Crippen LogP) is 5.55. The van der Waals surface area contributed by atoms with Gasteiger partial charge in [0.15, 0.2) is 0 Å². The van der Waals surface area contributed by atoms with Gasteiger partial charge < -0.3 is 10.6 Å². The Kier molecular flexibility index (Phi) is 6.33. The molecule has 4 aromatic rings. The average Bonchev–Trinajstić information content (AvgIpc) is 3.26. The SMILES string of the molecule is CC1=C(C(=O)Nc2ccccc2)C(c2ccncc2)n2nc(SCc3ccccc3Cl)nc2N1. The third-order valence-electron chi connectivity index (χ3n) is 5.45. The van der Waals surface area contributed by atoms with E-state index in [1.165, 1.54) is 11.8 Å². The van der Waals surface area contributed by atoms with Gasteiger partial charge in [0.05, 0.1) is 5.57 Å². The molecule has 0 spiro atoms. The Bertz CT molecular complexity index is 1360. The van der Waals surface area contributed by atoms with Crippen LogP contribution in [0.15, 0.2) is 95.6 Å². The molecule has 1 atom stereocenters. The molecule has 1 aliphatic rings. The van der Waals surface area contributed by atoms with Crippen LogP contribution in [-0.4, -0.2) is 25.7 Å². The Hall–Kier alpha value is -3.62. The topological polar surface area (TPSA) is 84.7 Å². The lowest BCUT2D eigenvalue weighted by Crippen LogP contribution is -2.31. The summed E-state index contributed by atoms with van der Waals surface area (Å²) in [5, 5.41) is 12.3. The molecule has 34 heavy (non-hydrogen) atoms. The lowest BCUT2D eigenvalue weighted by molar-refractivity contribution is -0.113. The number of carbonyl (C=O) groups is 1. The van der Waals surface area contributed by atoms with E-state index in [0.29, 0.717) is 27.5 Å². The van der Waals surface area contributed by atoms with Gasteiger partial charge in [0.2, 0.25) is 11.1 Å². The van der Waals surface area contributed by atoms with Crippen LogP contribution >= 0.6 is 23.4 Å². The first-order valence-electron chi connectivity index (χ1n) is 10.7. The van der Waals surface area contributed by atoms with Crippen molar-refractivity contribution in [1.29, 1.82) is 0 Å². The van der Waals surface area contributed by atoms with E-state index < -0.39 is 6.04 Å². The molecular weight excluding hydrogens is 468 g/mol. The minimum absolute atomic E-state index is 0.204. The molecule has 0 saturated carbocycles. The Morgan fingerprint density at radius 1 is 1.09 bits per heavy atom. The van der Waals surface area contributed by atoms with Gasteiger partial charge in [-0.05, 0) is 48.4 Å². The summed E-state index contributed by atoms with van der Waals surface area (Å²) in [5.41, 5.74) is 3.91. The summed E-state index contributed by atoms with van der Waals surface area (Å²) in [6.07, 6.45) is 3.42. The molecule has 1 unspecified atom stereocenters. The fraction of sp³-hybridized carbons (Fsp3) is 0.120. The summed E-state index contributed by atoms with van der Waals surface area (Å²) >= 11 is 7.80. The third kappa shape index (κ3) is 4.55. The smallest absolute Gasteiger partial charge is 0.255 e. The van der Waals surface area contributed by atoms with E-state index in [9.17, 15) is 4.79 Å². The number of nitrogens with zero attached hydrogens (tertiary/aromatic N) is 4. The minimum Gasteiger partial charge on any atom is -0.328 e. The van der Waals surface area contributed by atoms with Crippen LogP contribution in [0.2, 0.25) is 5.02 Å². The fourth-order valence-corrected chi connectivity index (χ4v) is 4.93. The van der Waals surface area contributed by atoms with Gasteiger partial charge in [-0.2, -0.15) is 4.98 Å². The molecule has 2 aromatic carbocycles. The standard InChI is InChI=1S/C25H21ClN6OS/c1-16-21(23(33)29-19-8-3-2-4-9-19)22(17-11-13-27-14-12-17)32-24(28-16)30-25(31-32)34-15-18-7-5-6-10-20(18)26/h2-14,22H,15H2,1H3,(H,29,33)(H,28,30,31). The van der Waals surface area contributed by atoms with Gasteiger partial charge in [0.25, 0.3) is 5.91 Å². The first kappa shape index (κ1) is 22.2. The van der Waals surface area contributed by atoms with E-state index in [4.69, 9.17) is 16.7 Å². The van der Waals surface area contributed by atoms with E-state index in [1.807, 2.05) is 73.7 Å². The number of thioether (sulfide) groups is 1. The second-order valence-corrected chi connectivity index (χ2v) is 9.06. The number of amides is 1. The van der Waals surface area contributed by atoms with Crippen molar-refractivity contribution in [1.82, 2.24) is 19.7 Å². The highest BCUT2D eigenvalue weighted by molar-refractivity contribution is 7.98. The van der Waals surface area contributed by atoms with Crippen LogP contribution in [-0.2, 0) is 10.5 Å². The van der Waals surface area contributed by atoms with E-state index in [1.54, 1.807) is 17.1 Å². The molecule has 5 rings (SSSR count). The van der Waals surface area contributed by atoms with Crippen molar-refractivity contribution in [2.75, 3.05) is 10.6 Å². The lowest BCUT2D eigenvalue weighted by atomic mass is 9.96. The number of fused-ring (bicyclic) bond motifs is 1. The second-order valence-electron chi connectivity index (χ2n) is 7.71. The number of benzene rings is 2. The Labute approximate surface area is 206 Å². The van der Waals surface area contributed by atoms with Crippen molar-refractivity contribution in [3.63, 3.8) is 0 Å². The van der Waals surface area contributed by atoms with E-state index in [2.05, 4.69) is 20.6 Å². The van der Waals surface area contributed by atoms with Gasteiger partial charge in [-0.3, -0.25) is 9.78 Å². The van der Waals surface area contributed by atoms with Crippen LogP contribution in [0.25, 0.3) is 0 Å². The Morgan fingerprint density at radius 2 is 1.82 bits per heavy atom. The van der Waals surface area contributed by atoms with Crippen molar-refractivity contribution in [2.24, 2.45) is 0 Å². The van der Waals surface area contributed by atoms with Crippen LogP contribution < -0.4 is 10.6 Å². The van der Waals surface area contributed by atoms with Crippen LogP contribution in [0, 0.1) is 0 Å². The summed E-state index contributed by atoms with van der Waals surface area (Å²) < 4.78 is 1.76. The first-order chi connectivity index (χ1) is 16.6. The number of nitrogens with one attached hydrogen (secondary N) is 2. The fourth-order valence-electron chi connectivity index (χ4n) is 3.82. The highest BCUT2D eigenvalue weighted by Crippen LogP contribution is 2.37. The molecule has 0 aliphatic carbocycles. The maximum absolute atomic E-state index is 13.4. The highest BCUT2D eigenvalue weighted by Gasteiger charge is 2.34. The highest BCUT2D eigenvalue weighted by atomic mass is 35.5. The molecule has 9 heteroatoms. The number of halogens is 1. The van der Waals surface area contributed by atoms with Crippen LogP contribution in [0.1, 0.15) is 24.1 Å². The number of aromatic nitrogens is 4. The van der Waals surface area contributed by atoms with Gasteiger partial charge in [0, 0.05) is 34.6 Å². The molecule has 7 nitrogen and oxygen atoms in total. The quantitative estimate of drug-likeness (QED) is 0.346. The van der Waals surface area contributed by atoms with Crippen molar-refractivity contribution in [3.05, 3.63) is 107 Å². The predicted molar refractivity (Wildman–Crippen MR) is 135 cm³/mol. The Morgan fingerprint density at radius 3 is 2.59 bits per heavy atom. The van der Waals surface area contributed by atoms with Gasteiger partial charge in [-0.15, -0.1) is 5.10 Å². The van der Waals surface area contributed by atoms with E-state index in [0.717, 1.165) is 22.5 Å². The Balaban J connectivity index is 1.48. The molecule has 2 N–H and O–H groups in total. The molecule has 0 bridgehead atoms. The summed E-state index contributed by atoms with van der Waals surface area (Å²) in [7, 11) is 0. The zero-order valence-corrected chi connectivity index (χ0v) is 19.8. The monoisotopic (exact) mass is 488 g/mol. The zero-order chi connectivity index (χ0) is 23.5. The average molecular weight is 489 g/mol. The summed E-state index contributed by atoms with van der Waals surface area (Å²) in [5.74, 6) is 1.01. The van der Waals surface area contributed by atoms with E-state index in [-0.39, 0.29) is 5.91 Å². The lowest BCUT2D eigenvalue weighted by Gasteiger charge is -2.28.